The molecule has 0 atom stereocenters. The highest BCUT2D eigenvalue weighted by molar-refractivity contribution is 8.00. The van der Waals surface area contributed by atoms with E-state index in [1.807, 2.05) is 12.1 Å². The highest BCUT2D eigenvalue weighted by atomic mass is 32.2. The molecule has 1 aromatic rings. The molecule has 1 aromatic carbocycles. The SMILES string of the molecule is C#CCNC(=O)c1ccccc1SCC(=O)NCC1CCCCC1. The lowest BCUT2D eigenvalue weighted by atomic mass is 9.89. The number of rotatable bonds is 7. The van der Waals surface area contributed by atoms with Gasteiger partial charge in [0.25, 0.3) is 5.91 Å². The minimum Gasteiger partial charge on any atom is -0.355 e. The van der Waals surface area contributed by atoms with Crippen molar-refractivity contribution >= 4 is 23.6 Å². The van der Waals surface area contributed by atoms with Crippen molar-refractivity contribution in [3.05, 3.63) is 29.8 Å². The van der Waals surface area contributed by atoms with Crippen LogP contribution in [0.2, 0.25) is 0 Å². The van der Waals surface area contributed by atoms with Crippen LogP contribution in [0.4, 0.5) is 0 Å². The van der Waals surface area contributed by atoms with Gasteiger partial charge in [0.05, 0.1) is 17.9 Å². The number of benzene rings is 1. The zero-order valence-electron chi connectivity index (χ0n) is 13.8. The Morgan fingerprint density at radius 3 is 2.67 bits per heavy atom. The molecule has 5 heteroatoms. The molecule has 0 spiro atoms. The van der Waals surface area contributed by atoms with Gasteiger partial charge in [-0.3, -0.25) is 9.59 Å². The lowest BCUT2D eigenvalue weighted by molar-refractivity contribution is -0.118. The van der Waals surface area contributed by atoms with E-state index in [0.29, 0.717) is 17.2 Å². The number of nitrogens with one attached hydrogen (secondary N) is 2. The molecule has 0 bridgehead atoms. The van der Waals surface area contributed by atoms with Crippen molar-refractivity contribution in [3.63, 3.8) is 0 Å². The number of hydrogen-bond acceptors (Lipinski definition) is 3. The van der Waals surface area contributed by atoms with Gasteiger partial charge in [0.1, 0.15) is 0 Å². The van der Waals surface area contributed by atoms with E-state index in [2.05, 4.69) is 16.6 Å². The molecule has 0 aromatic heterocycles. The van der Waals surface area contributed by atoms with Crippen molar-refractivity contribution in [2.75, 3.05) is 18.8 Å². The zero-order valence-corrected chi connectivity index (χ0v) is 14.7. The Hall–Kier alpha value is -1.93. The van der Waals surface area contributed by atoms with Crippen LogP contribution in [0, 0.1) is 18.3 Å². The predicted molar refractivity (Wildman–Crippen MR) is 97.9 cm³/mol. The van der Waals surface area contributed by atoms with Crippen molar-refractivity contribution < 1.29 is 9.59 Å². The van der Waals surface area contributed by atoms with Gasteiger partial charge in [0.15, 0.2) is 0 Å². The van der Waals surface area contributed by atoms with Crippen molar-refractivity contribution in [2.24, 2.45) is 5.92 Å². The van der Waals surface area contributed by atoms with Crippen molar-refractivity contribution in [2.45, 2.75) is 37.0 Å². The Kier molecular flexibility index (Phi) is 7.70. The molecule has 4 nitrogen and oxygen atoms in total. The summed E-state index contributed by atoms with van der Waals surface area (Å²) in [5.41, 5.74) is 0.554. The second-order valence-corrected chi connectivity index (χ2v) is 7.00. The maximum Gasteiger partial charge on any atom is 0.253 e. The number of terminal acetylenes is 1. The molecule has 1 saturated carbocycles. The normalized spacial score (nSPS) is 14.6. The predicted octanol–water partition coefficient (Wildman–Crippen LogP) is 2.84. The fraction of sp³-hybridized carbons (Fsp3) is 0.474. The molecule has 1 aliphatic rings. The number of carbonyl (C=O) groups is 2. The largest absolute Gasteiger partial charge is 0.355 e. The van der Waals surface area contributed by atoms with Crippen LogP contribution in [0.1, 0.15) is 42.5 Å². The summed E-state index contributed by atoms with van der Waals surface area (Å²) >= 11 is 1.38. The van der Waals surface area contributed by atoms with Crippen molar-refractivity contribution in [1.82, 2.24) is 10.6 Å². The summed E-state index contributed by atoms with van der Waals surface area (Å²) in [5, 5.41) is 5.67. The first-order valence-corrected chi connectivity index (χ1v) is 9.39. The van der Waals surface area contributed by atoms with Crippen LogP contribution < -0.4 is 10.6 Å². The first kappa shape index (κ1) is 18.4. The van der Waals surface area contributed by atoms with Gasteiger partial charge in [-0.05, 0) is 30.9 Å². The third-order valence-corrected chi connectivity index (χ3v) is 5.23. The first-order valence-electron chi connectivity index (χ1n) is 8.41. The van der Waals surface area contributed by atoms with E-state index in [1.54, 1.807) is 12.1 Å². The molecular weight excluding hydrogens is 320 g/mol. The van der Waals surface area contributed by atoms with Gasteiger partial charge >= 0.3 is 0 Å². The molecule has 2 rings (SSSR count). The maximum absolute atomic E-state index is 12.1. The Morgan fingerprint density at radius 2 is 1.92 bits per heavy atom. The fourth-order valence-electron chi connectivity index (χ4n) is 2.85. The molecule has 0 aliphatic heterocycles. The third-order valence-electron chi connectivity index (χ3n) is 4.15. The van der Waals surface area contributed by atoms with Gasteiger partial charge in [0.2, 0.25) is 5.91 Å². The van der Waals surface area contributed by atoms with E-state index < -0.39 is 0 Å². The second-order valence-electron chi connectivity index (χ2n) is 5.98. The van der Waals surface area contributed by atoms with Crippen LogP contribution >= 0.6 is 11.8 Å². The highest BCUT2D eigenvalue weighted by Crippen LogP contribution is 2.24. The van der Waals surface area contributed by atoms with E-state index >= 15 is 0 Å². The highest BCUT2D eigenvalue weighted by Gasteiger charge is 2.15. The summed E-state index contributed by atoms with van der Waals surface area (Å²) in [4.78, 5) is 24.9. The van der Waals surface area contributed by atoms with E-state index in [4.69, 9.17) is 6.42 Å². The van der Waals surface area contributed by atoms with Crippen LogP contribution in [0.5, 0.6) is 0 Å². The number of carbonyl (C=O) groups excluding carboxylic acids is 2. The van der Waals surface area contributed by atoms with Crippen LogP contribution in [0.15, 0.2) is 29.2 Å². The Labute approximate surface area is 148 Å². The van der Waals surface area contributed by atoms with Gasteiger partial charge in [0, 0.05) is 11.4 Å². The average molecular weight is 344 g/mol. The smallest absolute Gasteiger partial charge is 0.253 e. The van der Waals surface area contributed by atoms with Gasteiger partial charge < -0.3 is 10.6 Å². The molecule has 2 N–H and O–H groups in total. The van der Waals surface area contributed by atoms with Crippen molar-refractivity contribution in [3.8, 4) is 12.3 Å². The quantitative estimate of drug-likeness (QED) is 0.591. The summed E-state index contributed by atoms with van der Waals surface area (Å²) in [6, 6.07) is 7.26. The lowest BCUT2D eigenvalue weighted by Gasteiger charge is -2.21. The maximum atomic E-state index is 12.1. The van der Waals surface area contributed by atoms with E-state index in [-0.39, 0.29) is 18.4 Å². The monoisotopic (exact) mass is 344 g/mol. The molecule has 24 heavy (non-hydrogen) atoms. The molecule has 0 saturated heterocycles. The van der Waals surface area contributed by atoms with E-state index in [1.165, 1.54) is 43.9 Å². The molecule has 1 fully saturated rings. The average Bonchev–Trinajstić information content (AvgIpc) is 2.63. The van der Waals surface area contributed by atoms with E-state index in [0.717, 1.165) is 11.4 Å². The van der Waals surface area contributed by atoms with Gasteiger partial charge in [-0.15, -0.1) is 18.2 Å². The Bertz CT molecular complexity index is 604. The van der Waals surface area contributed by atoms with Crippen LogP contribution in [-0.4, -0.2) is 30.7 Å². The minimum absolute atomic E-state index is 0.0180. The van der Waals surface area contributed by atoms with Crippen LogP contribution in [-0.2, 0) is 4.79 Å². The topological polar surface area (TPSA) is 58.2 Å². The number of thioether (sulfide) groups is 1. The van der Waals surface area contributed by atoms with Crippen LogP contribution in [0.3, 0.4) is 0 Å². The van der Waals surface area contributed by atoms with Crippen LogP contribution in [0.25, 0.3) is 0 Å². The number of hydrogen-bond donors (Lipinski definition) is 2. The Balaban J connectivity index is 1.81. The summed E-state index contributed by atoms with van der Waals surface area (Å²) in [6.07, 6.45) is 11.5. The standard InChI is InChI=1S/C19H24N2O2S/c1-2-12-20-19(23)16-10-6-7-11-17(16)24-14-18(22)21-13-15-8-4-3-5-9-15/h1,6-7,10-11,15H,3-5,8-9,12-14H2,(H,20,23)(H,21,22). The summed E-state index contributed by atoms with van der Waals surface area (Å²) < 4.78 is 0. The Morgan fingerprint density at radius 1 is 1.17 bits per heavy atom. The molecule has 1 aliphatic carbocycles. The molecule has 0 unspecified atom stereocenters. The second kappa shape index (κ2) is 10.0. The first-order chi connectivity index (χ1) is 11.7. The summed E-state index contributed by atoms with van der Waals surface area (Å²) in [6.45, 7) is 0.962. The molecule has 2 amide bonds. The van der Waals surface area contributed by atoms with Gasteiger partial charge in [-0.25, -0.2) is 0 Å². The fourth-order valence-corrected chi connectivity index (χ4v) is 3.73. The zero-order chi connectivity index (χ0) is 17.2. The van der Waals surface area contributed by atoms with Crippen molar-refractivity contribution in [1.29, 1.82) is 0 Å². The van der Waals surface area contributed by atoms with Gasteiger partial charge in [-0.2, -0.15) is 0 Å². The summed E-state index contributed by atoms with van der Waals surface area (Å²) in [5.74, 6) is 3.12. The van der Waals surface area contributed by atoms with Gasteiger partial charge in [-0.1, -0.05) is 37.3 Å². The minimum atomic E-state index is -0.210. The lowest BCUT2D eigenvalue weighted by Crippen LogP contribution is -2.31. The summed E-state index contributed by atoms with van der Waals surface area (Å²) in [7, 11) is 0. The molecular formula is C19H24N2O2S. The molecule has 0 radical (unpaired) electrons. The molecule has 0 heterocycles. The molecule has 128 valence electrons. The number of amides is 2. The third kappa shape index (κ3) is 5.93. The van der Waals surface area contributed by atoms with E-state index in [9.17, 15) is 9.59 Å².